The van der Waals surface area contributed by atoms with Gasteiger partial charge in [-0.3, -0.25) is 0 Å². The maximum atomic E-state index is 13.8. The summed E-state index contributed by atoms with van der Waals surface area (Å²) in [6, 6.07) is 9.13. The van der Waals surface area contributed by atoms with Crippen LogP contribution >= 0.6 is 15.9 Å². The molecule has 0 fully saturated rings. The number of halogens is 2. The molecule has 1 N–H and O–H groups in total. The van der Waals surface area contributed by atoms with Gasteiger partial charge in [0.1, 0.15) is 5.75 Å². The lowest BCUT2D eigenvalue weighted by Crippen LogP contribution is -1.97. The number of ether oxygens (including phenoxy) is 1. The molecule has 0 atom stereocenters. The Bertz CT molecular complexity index is 641. The second-order valence-corrected chi connectivity index (χ2v) is 4.79. The quantitative estimate of drug-likeness (QED) is 0.910. The molecule has 98 valence electrons. The number of benzene rings is 2. The molecule has 0 spiro atoms. The third-order valence-electron chi connectivity index (χ3n) is 2.56. The largest absolute Gasteiger partial charge is 0.478 e. The van der Waals surface area contributed by atoms with Gasteiger partial charge in [-0.15, -0.1) is 0 Å². The van der Waals surface area contributed by atoms with Gasteiger partial charge < -0.3 is 9.84 Å². The SMILES string of the molecule is Cc1cccc(Oc2ccc(C(=O)O)cc2Br)c1F. The molecule has 5 heteroatoms. The summed E-state index contributed by atoms with van der Waals surface area (Å²) in [7, 11) is 0. The third-order valence-corrected chi connectivity index (χ3v) is 3.17. The Labute approximate surface area is 117 Å². The Balaban J connectivity index is 2.34. The zero-order valence-electron chi connectivity index (χ0n) is 9.98. The van der Waals surface area contributed by atoms with Gasteiger partial charge in [-0.1, -0.05) is 12.1 Å². The predicted octanol–water partition coefficient (Wildman–Crippen LogP) is 4.39. The lowest BCUT2D eigenvalue weighted by atomic mass is 10.2. The number of carbonyl (C=O) groups is 1. The molecule has 2 aromatic carbocycles. The highest BCUT2D eigenvalue weighted by atomic mass is 79.9. The van der Waals surface area contributed by atoms with Crippen molar-refractivity contribution >= 4 is 21.9 Å². The number of carboxylic acid groups (broad SMARTS) is 1. The molecule has 0 heterocycles. The van der Waals surface area contributed by atoms with Crippen LogP contribution in [0.15, 0.2) is 40.9 Å². The van der Waals surface area contributed by atoms with Gasteiger partial charge in [-0.05, 0) is 52.7 Å². The first-order valence-corrected chi connectivity index (χ1v) is 6.24. The highest BCUT2D eigenvalue weighted by Gasteiger charge is 2.11. The number of aryl methyl sites for hydroxylation is 1. The number of aromatic carboxylic acids is 1. The van der Waals surface area contributed by atoms with Crippen molar-refractivity contribution in [3.8, 4) is 11.5 Å². The molecule has 0 unspecified atom stereocenters. The average Bonchev–Trinajstić information content (AvgIpc) is 2.37. The molecule has 2 rings (SSSR count). The molecule has 0 saturated carbocycles. The van der Waals surface area contributed by atoms with E-state index in [9.17, 15) is 9.18 Å². The zero-order chi connectivity index (χ0) is 14.0. The molecule has 0 aliphatic carbocycles. The molecule has 0 aliphatic rings. The Morgan fingerprint density at radius 1 is 1.26 bits per heavy atom. The first-order chi connectivity index (χ1) is 8.99. The van der Waals surface area contributed by atoms with Gasteiger partial charge in [-0.2, -0.15) is 0 Å². The second kappa shape index (κ2) is 5.40. The molecule has 0 aromatic heterocycles. The number of rotatable bonds is 3. The number of hydrogen-bond donors (Lipinski definition) is 1. The highest BCUT2D eigenvalue weighted by molar-refractivity contribution is 9.10. The molecular formula is C14H10BrFO3. The summed E-state index contributed by atoms with van der Waals surface area (Å²) in [6.45, 7) is 1.64. The molecule has 2 aromatic rings. The van der Waals surface area contributed by atoms with E-state index < -0.39 is 11.8 Å². The van der Waals surface area contributed by atoms with Crippen LogP contribution in [0.1, 0.15) is 15.9 Å². The van der Waals surface area contributed by atoms with Crippen molar-refractivity contribution < 1.29 is 19.0 Å². The molecule has 0 radical (unpaired) electrons. The van der Waals surface area contributed by atoms with E-state index in [0.717, 1.165) is 0 Å². The Morgan fingerprint density at radius 2 is 2.00 bits per heavy atom. The average molecular weight is 325 g/mol. The highest BCUT2D eigenvalue weighted by Crippen LogP contribution is 2.32. The van der Waals surface area contributed by atoms with E-state index in [1.807, 2.05) is 0 Å². The summed E-state index contributed by atoms with van der Waals surface area (Å²) in [4.78, 5) is 10.8. The van der Waals surface area contributed by atoms with Crippen LogP contribution in [0.3, 0.4) is 0 Å². The summed E-state index contributed by atoms with van der Waals surface area (Å²) in [5.74, 6) is -1.01. The van der Waals surface area contributed by atoms with Crippen LogP contribution in [-0.4, -0.2) is 11.1 Å². The fourth-order valence-corrected chi connectivity index (χ4v) is 1.99. The molecule has 0 saturated heterocycles. The summed E-state index contributed by atoms with van der Waals surface area (Å²) in [6.07, 6.45) is 0. The second-order valence-electron chi connectivity index (χ2n) is 3.94. The van der Waals surface area contributed by atoms with Crippen LogP contribution < -0.4 is 4.74 Å². The summed E-state index contributed by atoms with van der Waals surface area (Å²) < 4.78 is 19.7. The van der Waals surface area contributed by atoms with E-state index in [2.05, 4.69) is 15.9 Å². The molecular weight excluding hydrogens is 315 g/mol. The molecule has 19 heavy (non-hydrogen) atoms. The Morgan fingerprint density at radius 3 is 2.63 bits per heavy atom. The van der Waals surface area contributed by atoms with E-state index in [4.69, 9.17) is 9.84 Å². The van der Waals surface area contributed by atoms with Gasteiger partial charge in [0.2, 0.25) is 0 Å². The van der Waals surface area contributed by atoms with E-state index >= 15 is 0 Å². The van der Waals surface area contributed by atoms with Crippen LogP contribution in [-0.2, 0) is 0 Å². The summed E-state index contributed by atoms with van der Waals surface area (Å²) in [5, 5.41) is 8.85. The van der Waals surface area contributed by atoms with E-state index in [0.29, 0.717) is 15.8 Å². The summed E-state index contributed by atoms with van der Waals surface area (Å²) >= 11 is 3.21. The molecule has 3 nitrogen and oxygen atoms in total. The standard InChI is InChI=1S/C14H10BrFO3/c1-8-3-2-4-12(13(8)16)19-11-6-5-9(14(17)18)7-10(11)15/h2-7H,1H3,(H,17,18). The van der Waals surface area contributed by atoms with Crippen molar-refractivity contribution in [2.75, 3.05) is 0 Å². The number of carboxylic acids is 1. The van der Waals surface area contributed by atoms with Crippen molar-refractivity contribution in [1.82, 2.24) is 0 Å². The first kappa shape index (κ1) is 13.5. The predicted molar refractivity (Wildman–Crippen MR) is 72.3 cm³/mol. The van der Waals surface area contributed by atoms with Crippen LogP contribution in [0.4, 0.5) is 4.39 Å². The molecule has 0 aliphatic heterocycles. The first-order valence-electron chi connectivity index (χ1n) is 5.45. The van der Waals surface area contributed by atoms with Gasteiger partial charge in [0.05, 0.1) is 10.0 Å². The van der Waals surface area contributed by atoms with Gasteiger partial charge >= 0.3 is 5.97 Å². The van der Waals surface area contributed by atoms with E-state index in [1.54, 1.807) is 19.1 Å². The van der Waals surface area contributed by atoms with Gasteiger partial charge in [0.15, 0.2) is 11.6 Å². The zero-order valence-corrected chi connectivity index (χ0v) is 11.6. The minimum absolute atomic E-state index is 0.101. The fraction of sp³-hybridized carbons (Fsp3) is 0.0714. The minimum Gasteiger partial charge on any atom is -0.478 e. The van der Waals surface area contributed by atoms with Crippen LogP contribution in [0.2, 0.25) is 0 Å². The minimum atomic E-state index is -1.03. The smallest absolute Gasteiger partial charge is 0.335 e. The maximum Gasteiger partial charge on any atom is 0.335 e. The van der Waals surface area contributed by atoms with Crippen molar-refractivity contribution in [1.29, 1.82) is 0 Å². The summed E-state index contributed by atoms with van der Waals surface area (Å²) in [5.41, 5.74) is 0.611. The fourth-order valence-electron chi connectivity index (χ4n) is 1.53. The lowest BCUT2D eigenvalue weighted by Gasteiger charge is -2.10. The van der Waals surface area contributed by atoms with Crippen LogP contribution in [0.5, 0.6) is 11.5 Å². The van der Waals surface area contributed by atoms with Gasteiger partial charge in [0.25, 0.3) is 0 Å². The van der Waals surface area contributed by atoms with Crippen molar-refractivity contribution in [3.05, 3.63) is 57.8 Å². The Hall–Kier alpha value is -1.88. The third kappa shape index (κ3) is 2.93. The topological polar surface area (TPSA) is 46.5 Å². The Kier molecular flexibility index (Phi) is 3.85. The van der Waals surface area contributed by atoms with Crippen molar-refractivity contribution in [3.63, 3.8) is 0 Å². The van der Waals surface area contributed by atoms with Crippen molar-refractivity contribution in [2.45, 2.75) is 6.92 Å². The monoisotopic (exact) mass is 324 g/mol. The lowest BCUT2D eigenvalue weighted by molar-refractivity contribution is 0.0697. The molecule has 0 bridgehead atoms. The van der Waals surface area contributed by atoms with E-state index in [-0.39, 0.29) is 11.3 Å². The van der Waals surface area contributed by atoms with Gasteiger partial charge in [-0.25, -0.2) is 9.18 Å². The normalized spacial score (nSPS) is 10.3. The molecule has 0 amide bonds. The number of hydrogen-bond acceptors (Lipinski definition) is 2. The maximum absolute atomic E-state index is 13.8. The van der Waals surface area contributed by atoms with Crippen LogP contribution in [0.25, 0.3) is 0 Å². The van der Waals surface area contributed by atoms with Crippen molar-refractivity contribution in [2.24, 2.45) is 0 Å². The van der Waals surface area contributed by atoms with Gasteiger partial charge in [0, 0.05) is 0 Å². The van der Waals surface area contributed by atoms with Crippen LogP contribution in [0, 0.1) is 12.7 Å². The van der Waals surface area contributed by atoms with E-state index in [1.165, 1.54) is 24.3 Å².